The molecule has 0 aliphatic carbocycles. The zero-order chi connectivity index (χ0) is 11.4. The highest BCUT2D eigenvalue weighted by Crippen LogP contribution is 2.17. The molecule has 0 amide bonds. The van der Waals surface area contributed by atoms with Gasteiger partial charge in [0.1, 0.15) is 11.6 Å². The van der Waals surface area contributed by atoms with E-state index >= 15 is 0 Å². The fourth-order valence-corrected chi connectivity index (χ4v) is 1.56. The lowest BCUT2D eigenvalue weighted by molar-refractivity contribution is 0.566. The van der Waals surface area contributed by atoms with Gasteiger partial charge in [-0.2, -0.15) is 0 Å². The number of rotatable bonds is 4. The van der Waals surface area contributed by atoms with E-state index in [0.717, 1.165) is 12.4 Å². The van der Waals surface area contributed by atoms with Crippen LogP contribution in [-0.4, -0.2) is 17.6 Å². The number of anilines is 2. The molecular weight excluding hydrogens is 186 g/mol. The molecule has 3 nitrogen and oxygen atoms in total. The van der Waals surface area contributed by atoms with E-state index in [1.807, 2.05) is 18.2 Å². The lowest BCUT2D eigenvalue weighted by Gasteiger charge is -2.29. The van der Waals surface area contributed by atoms with Crippen molar-refractivity contribution in [3.63, 3.8) is 0 Å². The molecule has 84 valence electrons. The Balaban J connectivity index is 2.88. The van der Waals surface area contributed by atoms with Gasteiger partial charge in [0.25, 0.3) is 0 Å². The number of nitrogen functional groups attached to an aromatic ring is 1. The van der Waals surface area contributed by atoms with Gasteiger partial charge in [0.2, 0.25) is 0 Å². The second-order valence-electron chi connectivity index (χ2n) is 4.56. The van der Waals surface area contributed by atoms with Crippen LogP contribution in [0.4, 0.5) is 11.6 Å². The van der Waals surface area contributed by atoms with Crippen LogP contribution in [0.5, 0.6) is 0 Å². The molecule has 0 aromatic carbocycles. The third-order valence-electron chi connectivity index (χ3n) is 2.24. The van der Waals surface area contributed by atoms with Crippen molar-refractivity contribution in [3.05, 3.63) is 18.2 Å². The van der Waals surface area contributed by atoms with E-state index in [-0.39, 0.29) is 0 Å². The first kappa shape index (κ1) is 11.8. The van der Waals surface area contributed by atoms with Crippen LogP contribution in [0.3, 0.4) is 0 Å². The summed E-state index contributed by atoms with van der Waals surface area (Å²) >= 11 is 0. The zero-order valence-electron chi connectivity index (χ0n) is 10.1. The van der Waals surface area contributed by atoms with Crippen LogP contribution in [0.15, 0.2) is 18.2 Å². The van der Waals surface area contributed by atoms with Gasteiger partial charge < -0.3 is 10.6 Å². The summed E-state index contributed by atoms with van der Waals surface area (Å²) in [5.41, 5.74) is 5.69. The molecule has 1 aromatic heterocycles. The van der Waals surface area contributed by atoms with Gasteiger partial charge in [-0.05, 0) is 31.9 Å². The molecular formula is C12H21N3. The van der Waals surface area contributed by atoms with Crippen LogP contribution in [0, 0.1) is 5.92 Å². The maximum atomic E-state index is 5.69. The van der Waals surface area contributed by atoms with Crippen molar-refractivity contribution in [1.82, 2.24) is 4.98 Å². The maximum Gasteiger partial charge on any atom is 0.131 e. The zero-order valence-corrected chi connectivity index (χ0v) is 10.1. The average Bonchev–Trinajstić information content (AvgIpc) is 2.13. The van der Waals surface area contributed by atoms with Crippen molar-refractivity contribution in [2.24, 2.45) is 5.92 Å². The van der Waals surface area contributed by atoms with Crippen molar-refractivity contribution in [2.45, 2.75) is 33.7 Å². The Morgan fingerprint density at radius 1 is 1.27 bits per heavy atom. The third-order valence-corrected chi connectivity index (χ3v) is 2.24. The van der Waals surface area contributed by atoms with E-state index in [4.69, 9.17) is 5.73 Å². The summed E-state index contributed by atoms with van der Waals surface area (Å²) in [6.45, 7) is 9.78. The van der Waals surface area contributed by atoms with Gasteiger partial charge in [-0.15, -0.1) is 0 Å². The standard InChI is InChI=1S/C12H21N3/c1-9(2)8-15(10(3)4)12-7-5-6-11(13)14-12/h5-7,9-10H,8H2,1-4H3,(H2,13,14). The minimum Gasteiger partial charge on any atom is -0.384 e. The molecule has 2 N–H and O–H groups in total. The van der Waals surface area contributed by atoms with Crippen molar-refractivity contribution in [2.75, 3.05) is 17.2 Å². The first-order valence-electron chi connectivity index (χ1n) is 5.50. The Morgan fingerprint density at radius 3 is 2.40 bits per heavy atom. The van der Waals surface area contributed by atoms with Gasteiger partial charge in [0, 0.05) is 12.6 Å². The highest BCUT2D eigenvalue weighted by molar-refractivity contribution is 5.45. The van der Waals surface area contributed by atoms with E-state index in [2.05, 4.69) is 37.6 Å². The minimum atomic E-state index is 0.446. The normalized spacial score (nSPS) is 11.1. The topological polar surface area (TPSA) is 42.1 Å². The maximum absolute atomic E-state index is 5.69. The quantitative estimate of drug-likeness (QED) is 0.825. The number of aromatic nitrogens is 1. The van der Waals surface area contributed by atoms with Crippen LogP contribution in [-0.2, 0) is 0 Å². The summed E-state index contributed by atoms with van der Waals surface area (Å²) in [5, 5.41) is 0. The molecule has 1 aromatic rings. The highest BCUT2D eigenvalue weighted by atomic mass is 15.2. The number of pyridine rings is 1. The van der Waals surface area contributed by atoms with Crippen LogP contribution in [0.2, 0.25) is 0 Å². The fourth-order valence-electron chi connectivity index (χ4n) is 1.56. The number of hydrogen-bond acceptors (Lipinski definition) is 3. The molecule has 0 bridgehead atoms. The van der Waals surface area contributed by atoms with Crippen molar-refractivity contribution >= 4 is 11.6 Å². The molecule has 0 radical (unpaired) electrons. The largest absolute Gasteiger partial charge is 0.384 e. The summed E-state index contributed by atoms with van der Waals surface area (Å²) in [7, 11) is 0. The Kier molecular flexibility index (Phi) is 3.95. The number of hydrogen-bond donors (Lipinski definition) is 1. The molecule has 1 rings (SSSR count). The van der Waals surface area contributed by atoms with E-state index in [1.54, 1.807) is 0 Å². The van der Waals surface area contributed by atoms with Crippen LogP contribution in [0.1, 0.15) is 27.7 Å². The summed E-state index contributed by atoms with van der Waals surface area (Å²) in [5.74, 6) is 2.18. The predicted octanol–water partition coefficient (Wildman–Crippen LogP) is 2.53. The second-order valence-corrected chi connectivity index (χ2v) is 4.56. The lowest BCUT2D eigenvalue weighted by Crippen LogP contribution is -2.34. The summed E-state index contributed by atoms with van der Waals surface area (Å²) in [6.07, 6.45) is 0. The number of nitrogens with two attached hydrogens (primary N) is 1. The molecule has 0 aliphatic heterocycles. The summed E-state index contributed by atoms with van der Waals surface area (Å²) in [4.78, 5) is 6.63. The summed E-state index contributed by atoms with van der Waals surface area (Å²) < 4.78 is 0. The van der Waals surface area contributed by atoms with Crippen molar-refractivity contribution in [3.8, 4) is 0 Å². The first-order chi connectivity index (χ1) is 7.00. The predicted molar refractivity (Wildman–Crippen MR) is 66.0 cm³/mol. The van der Waals surface area contributed by atoms with Gasteiger partial charge in [-0.25, -0.2) is 4.98 Å². The van der Waals surface area contributed by atoms with Crippen LogP contribution < -0.4 is 10.6 Å². The summed E-state index contributed by atoms with van der Waals surface area (Å²) in [6, 6.07) is 6.23. The molecule has 15 heavy (non-hydrogen) atoms. The van der Waals surface area contributed by atoms with Crippen LogP contribution in [0.25, 0.3) is 0 Å². The Morgan fingerprint density at radius 2 is 1.93 bits per heavy atom. The van der Waals surface area contributed by atoms with Gasteiger partial charge in [-0.1, -0.05) is 19.9 Å². The third kappa shape index (κ3) is 3.42. The van der Waals surface area contributed by atoms with Crippen molar-refractivity contribution < 1.29 is 0 Å². The van der Waals surface area contributed by atoms with E-state index in [9.17, 15) is 0 Å². The molecule has 1 heterocycles. The molecule has 0 saturated heterocycles. The minimum absolute atomic E-state index is 0.446. The SMILES string of the molecule is CC(C)CN(c1cccc(N)n1)C(C)C. The highest BCUT2D eigenvalue weighted by Gasteiger charge is 2.13. The van der Waals surface area contributed by atoms with Crippen LogP contribution >= 0.6 is 0 Å². The molecule has 0 unspecified atom stereocenters. The molecule has 3 heteroatoms. The molecule has 0 aliphatic rings. The smallest absolute Gasteiger partial charge is 0.131 e. The Bertz CT molecular complexity index is 307. The fraction of sp³-hybridized carbons (Fsp3) is 0.583. The Labute approximate surface area is 92.3 Å². The van der Waals surface area contributed by atoms with Gasteiger partial charge in [0.05, 0.1) is 0 Å². The molecule has 0 atom stereocenters. The van der Waals surface area contributed by atoms with E-state index in [0.29, 0.717) is 17.8 Å². The van der Waals surface area contributed by atoms with Gasteiger partial charge in [-0.3, -0.25) is 0 Å². The molecule has 0 saturated carbocycles. The molecule has 0 fully saturated rings. The monoisotopic (exact) mass is 207 g/mol. The Hall–Kier alpha value is -1.25. The second kappa shape index (κ2) is 5.01. The first-order valence-corrected chi connectivity index (χ1v) is 5.50. The van der Waals surface area contributed by atoms with E-state index < -0.39 is 0 Å². The van der Waals surface area contributed by atoms with Crippen molar-refractivity contribution in [1.29, 1.82) is 0 Å². The van der Waals surface area contributed by atoms with Gasteiger partial charge >= 0.3 is 0 Å². The number of nitrogens with zero attached hydrogens (tertiary/aromatic N) is 2. The van der Waals surface area contributed by atoms with Gasteiger partial charge in [0.15, 0.2) is 0 Å². The molecule has 0 spiro atoms. The van der Waals surface area contributed by atoms with E-state index in [1.165, 1.54) is 0 Å². The average molecular weight is 207 g/mol. The lowest BCUT2D eigenvalue weighted by atomic mass is 10.2.